The fraction of sp³-hybridized carbons (Fsp3) is 0.769. The number of nitrogens with zero attached hydrogens (tertiary/aromatic N) is 3. The summed E-state index contributed by atoms with van der Waals surface area (Å²) in [5.74, 6) is -2.27. The van der Waals surface area contributed by atoms with Crippen LogP contribution in [-0.2, 0) is 36.9 Å². The maximum absolute atomic E-state index is 12.4. The Hall–Kier alpha value is -3.06. The second kappa shape index (κ2) is 15.5. The number of nitrogens with two attached hydrogens (primary N) is 1. The smallest absolute Gasteiger partial charge is 0.308 e. The summed E-state index contributed by atoms with van der Waals surface area (Å²) >= 11 is 0. The number of nitrogens with one attached hydrogen (secondary N) is 3. The first-order chi connectivity index (χ1) is 18.4. The van der Waals surface area contributed by atoms with E-state index in [9.17, 15) is 24.3 Å². The largest absolute Gasteiger partial charge is 0.481 e. The lowest BCUT2D eigenvalue weighted by molar-refractivity contribution is -0.143. The van der Waals surface area contributed by atoms with Gasteiger partial charge in [-0.3, -0.25) is 23.9 Å². The van der Waals surface area contributed by atoms with E-state index in [2.05, 4.69) is 26.3 Å². The standard InChI is InChI=1S/C26H45N7O6/c1-5-39-26(2,3)15-23(35)30-21(24(27)36)14-18-16-33(32-31-18)13-7-6-8-22(34)29-17-9-11-19(25(37)38)20(28-4)12-10-17/h16-17,19-21,28H,5-15H2,1-4H3,(H2,27,36)(H,29,34)(H,30,35)(H,37,38). The maximum Gasteiger partial charge on any atom is 0.308 e. The van der Waals surface area contributed by atoms with Gasteiger partial charge in [0.2, 0.25) is 17.7 Å². The molecular formula is C26H45N7O6. The highest BCUT2D eigenvalue weighted by atomic mass is 16.5. The van der Waals surface area contributed by atoms with Gasteiger partial charge in [0.25, 0.3) is 0 Å². The van der Waals surface area contributed by atoms with E-state index in [1.165, 1.54) is 0 Å². The number of aromatic nitrogens is 3. The summed E-state index contributed by atoms with van der Waals surface area (Å²) in [6.07, 6.45) is 6.27. The number of primary amides is 1. The van der Waals surface area contributed by atoms with Gasteiger partial charge >= 0.3 is 5.97 Å². The Kier molecular flexibility index (Phi) is 12.8. The van der Waals surface area contributed by atoms with Crippen molar-refractivity contribution < 1.29 is 29.0 Å². The summed E-state index contributed by atoms with van der Waals surface area (Å²) in [4.78, 5) is 48.2. The molecule has 0 saturated heterocycles. The van der Waals surface area contributed by atoms with E-state index in [0.29, 0.717) is 57.4 Å². The zero-order valence-corrected chi connectivity index (χ0v) is 23.6. The molecular weight excluding hydrogens is 506 g/mol. The van der Waals surface area contributed by atoms with E-state index >= 15 is 0 Å². The van der Waals surface area contributed by atoms with Gasteiger partial charge in [-0.05, 0) is 66.3 Å². The summed E-state index contributed by atoms with van der Waals surface area (Å²) in [6, 6.07) is -1.01. The van der Waals surface area contributed by atoms with E-state index in [4.69, 9.17) is 10.5 Å². The fourth-order valence-corrected chi connectivity index (χ4v) is 5.00. The van der Waals surface area contributed by atoms with Gasteiger partial charge in [0.15, 0.2) is 0 Å². The molecule has 0 radical (unpaired) electrons. The van der Waals surface area contributed by atoms with Crippen LogP contribution in [0, 0.1) is 5.92 Å². The first kappa shape index (κ1) is 32.2. The van der Waals surface area contributed by atoms with E-state index in [1.54, 1.807) is 31.8 Å². The lowest BCUT2D eigenvalue weighted by Crippen LogP contribution is -2.47. The van der Waals surface area contributed by atoms with Gasteiger partial charge in [0.05, 0.1) is 23.6 Å². The molecule has 0 spiro atoms. The topological polar surface area (TPSA) is 191 Å². The van der Waals surface area contributed by atoms with Crippen molar-refractivity contribution in [3.05, 3.63) is 11.9 Å². The molecule has 1 heterocycles. The Balaban J connectivity index is 1.74. The van der Waals surface area contributed by atoms with Crippen LogP contribution in [-0.4, -0.2) is 81.2 Å². The number of rotatable bonds is 16. The number of carbonyl (C=O) groups is 4. The van der Waals surface area contributed by atoms with Gasteiger partial charge < -0.3 is 31.5 Å². The summed E-state index contributed by atoms with van der Waals surface area (Å²) in [7, 11) is 1.78. The molecule has 1 aromatic heterocycles. The quantitative estimate of drug-likeness (QED) is 0.144. The molecule has 0 bridgehead atoms. The van der Waals surface area contributed by atoms with Crippen LogP contribution in [0.1, 0.15) is 77.8 Å². The second-order valence-corrected chi connectivity index (χ2v) is 10.8. The summed E-state index contributed by atoms with van der Waals surface area (Å²) in [5.41, 5.74) is 5.36. The third kappa shape index (κ3) is 11.3. The van der Waals surface area contributed by atoms with Crippen LogP contribution in [0.25, 0.3) is 0 Å². The second-order valence-electron chi connectivity index (χ2n) is 10.8. The number of ether oxygens (including phenoxy) is 1. The molecule has 13 heteroatoms. The van der Waals surface area contributed by atoms with Crippen LogP contribution in [0.4, 0.5) is 0 Å². The molecule has 0 aromatic carbocycles. The number of hydrogen-bond donors (Lipinski definition) is 5. The van der Waals surface area contributed by atoms with E-state index < -0.39 is 29.4 Å². The molecule has 6 N–H and O–H groups in total. The van der Waals surface area contributed by atoms with Crippen molar-refractivity contribution in [3.8, 4) is 0 Å². The SMILES string of the molecule is CCOC(C)(C)CC(=O)NC(Cc1cn(CCCCC(=O)NC2CCC(NC)C(C(=O)O)CC2)nn1)C(N)=O. The third-order valence-electron chi connectivity index (χ3n) is 7.03. The molecule has 39 heavy (non-hydrogen) atoms. The Morgan fingerprint density at radius 1 is 1.18 bits per heavy atom. The predicted molar refractivity (Wildman–Crippen MR) is 143 cm³/mol. The number of aliphatic carboxylic acids is 1. The van der Waals surface area contributed by atoms with Crippen molar-refractivity contribution in [2.45, 2.75) is 109 Å². The molecule has 4 unspecified atom stereocenters. The summed E-state index contributed by atoms with van der Waals surface area (Å²) < 4.78 is 7.18. The summed E-state index contributed by atoms with van der Waals surface area (Å²) in [6.45, 7) is 6.47. The van der Waals surface area contributed by atoms with Crippen LogP contribution in [0.3, 0.4) is 0 Å². The predicted octanol–water partition coefficient (Wildman–Crippen LogP) is 0.514. The average molecular weight is 552 g/mol. The Labute approximate surface area is 230 Å². The number of unbranched alkanes of at least 4 members (excludes halogenated alkanes) is 1. The minimum atomic E-state index is -0.915. The molecule has 0 aliphatic heterocycles. The number of hydrogen-bond acceptors (Lipinski definition) is 8. The van der Waals surface area contributed by atoms with Gasteiger partial charge in [-0.2, -0.15) is 0 Å². The molecule has 13 nitrogen and oxygen atoms in total. The molecule has 3 amide bonds. The minimum absolute atomic E-state index is 0.0143. The zero-order valence-electron chi connectivity index (χ0n) is 23.6. The first-order valence-corrected chi connectivity index (χ1v) is 13.7. The molecule has 4 atom stereocenters. The van der Waals surface area contributed by atoms with Crippen molar-refractivity contribution in [3.63, 3.8) is 0 Å². The highest BCUT2D eigenvalue weighted by molar-refractivity contribution is 5.87. The molecule has 1 aromatic rings. The van der Waals surface area contributed by atoms with Crippen LogP contribution >= 0.6 is 0 Å². The number of carboxylic acids is 1. The Morgan fingerprint density at radius 2 is 1.90 bits per heavy atom. The van der Waals surface area contributed by atoms with Gasteiger partial charge in [-0.1, -0.05) is 5.21 Å². The monoisotopic (exact) mass is 551 g/mol. The number of carboxylic acid groups (broad SMARTS) is 1. The average Bonchev–Trinajstić information content (AvgIpc) is 3.18. The van der Waals surface area contributed by atoms with Crippen molar-refractivity contribution in [1.29, 1.82) is 0 Å². The van der Waals surface area contributed by atoms with E-state index in [-0.39, 0.29) is 36.7 Å². The van der Waals surface area contributed by atoms with Gasteiger partial charge in [0, 0.05) is 44.3 Å². The van der Waals surface area contributed by atoms with Crippen LogP contribution in [0.2, 0.25) is 0 Å². The normalized spacial score (nSPS) is 20.6. The maximum atomic E-state index is 12.4. The van der Waals surface area contributed by atoms with Crippen LogP contribution in [0.5, 0.6) is 0 Å². The van der Waals surface area contributed by atoms with Crippen molar-refractivity contribution in [2.75, 3.05) is 13.7 Å². The number of carbonyl (C=O) groups excluding carboxylic acids is 3. The van der Waals surface area contributed by atoms with Crippen molar-refractivity contribution in [1.82, 2.24) is 30.9 Å². The number of amides is 3. The lowest BCUT2D eigenvalue weighted by atomic mass is 9.95. The Bertz CT molecular complexity index is 966. The summed E-state index contributed by atoms with van der Waals surface area (Å²) in [5, 5.41) is 26.4. The van der Waals surface area contributed by atoms with E-state index in [0.717, 1.165) is 6.42 Å². The molecule has 1 aliphatic rings. The third-order valence-corrected chi connectivity index (χ3v) is 7.03. The first-order valence-electron chi connectivity index (χ1n) is 13.7. The highest BCUT2D eigenvalue weighted by Gasteiger charge is 2.31. The van der Waals surface area contributed by atoms with Crippen molar-refractivity contribution in [2.24, 2.45) is 11.7 Å². The molecule has 2 rings (SSSR count). The van der Waals surface area contributed by atoms with Gasteiger partial charge in [0.1, 0.15) is 6.04 Å². The van der Waals surface area contributed by atoms with Crippen LogP contribution in [0.15, 0.2) is 6.20 Å². The van der Waals surface area contributed by atoms with Gasteiger partial charge in [-0.25, -0.2) is 0 Å². The Morgan fingerprint density at radius 3 is 2.54 bits per heavy atom. The lowest BCUT2D eigenvalue weighted by Gasteiger charge is -2.25. The highest BCUT2D eigenvalue weighted by Crippen LogP contribution is 2.24. The molecule has 1 aliphatic carbocycles. The fourth-order valence-electron chi connectivity index (χ4n) is 5.00. The van der Waals surface area contributed by atoms with Crippen LogP contribution < -0.4 is 21.7 Å². The number of aryl methyl sites for hydroxylation is 1. The van der Waals surface area contributed by atoms with E-state index in [1.807, 2.05) is 6.92 Å². The van der Waals surface area contributed by atoms with Gasteiger partial charge in [-0.15, -0.1) is 5.10 Å². The van der Waals surface area contributed by atoms with Crippen molar-refractivity contribution >= 4 is 23.7 Å². The molecule has 220 valence electrons. The minimum Gasteiger partial charge on any atom is -0.481 e. The zero-order chi connectivity index (χ0) is 29.0. The molecule has 1 fully saturated rings. The molecule has 1 saturated carbocycles.